The van der Waals surface area contributed by atoms with Crippen LogP contribution in [0.3, 0.4) is 0 Å². The van der Waals surface area contributed by atoms with Crippen LogP contribution in [0.5, 0.6) is 0 Å². The van der Waals surface area contributed by atoms with Gasteiger partial charge in [-0.15, -0.1) is 0 Å². The molecule has 2 heterocycles. The number of pyridine rings is 1. The van der Waals surface area contributed by atoms with E-state index in [9.17, 15) is 9.59 Å². The lowest BCUT2D eigenvalue weighted by atomic mass is 10.1. The summed E-state index contributed by atoms with van der Waals surface area (Å²) in [5.74, 6) is -0.306. The third kappa shape index (κ3) is 2.83. The van der Waals surface area contributed by atoms with E-state index < -0.39 is 5.91 Å². The van der Waals surface area contributed by atoms with Crippen LogP contribution in [0.2, 0.25) is 0 Å². The largest absolute Gasteiger partial charge is 0.367 e. The smallest absolute Gasteiger partial charge is 0.252 e. The van der Waals surface area contributed by atoms with Gasteiger partial charge in [0.2, 0.25) is 5.91 Å². The van der Waals surface area contributed by atoms with Crippen molar-refractivity contribution in [1.29, 1.82) is 0 Å². The van der Waals surface area contributed by atoms with Gasteiger partial charge < -0.3 is 15.5 Å². The number of hydrogen-bond acceptors (Lipinski definition) is 4. The van der Waals surface area contributed by atoms with E-state index in [4.69, 9.17) is 5.73 Å². The number of anilines is 1. The van der Waals surface area contributed by atoms with Gasteiger partial charge in [0.1, 0.15) is 0 Å². The molecule has 1 aromatic rings. The van der Waals surface area contributed by atoms with Crippen molar-refractivity contribution in [2.24, 2.45) is 5.73 Å². The molecule has 2 rings (SSSR count). The average molecular weight is 262 g/mol. The van der Waals surface area contributed by atoms with Crippen molar-refractivity contribution in [3.63, 3.8) is 0 Å². The van der Waals surface area contributed by atoms with Crippen molar-refractivity contribution in [1.82, 2.24) is 9.88 Å². The molecule has 0 aromatic carbocycles. The van der Waals surface area contributed by atoms with Crippen molar-refractivity contribution >= 4 is 17.5 Å². The number of carbonyl (C=O) groups excluding carboxylic acids is 2. The van der Waals surface area contributed by atoms with Gasteiger partial charge >= 0.3 is 0 Å². The summed E-state index contributed by atoms with van der Waals surface area (Å²) in [7, 11) is 0. The van der Waals surface area contributed by atoms with Gasteiger partial charge in [-0.25, -0.2) is 0 Å². The topological polar surface area (TPSA) is 79.5 Å². The van der Waals surface area contributed by atoms with E-state index in [1.54, 1.807) is 12.3 Å². The van der Waals surface area contributed by atoms with Gasteiger partial charge in [-0.1, -0.05) is 6.92 Å². The quantitative estimate of drug-likeness (QED) is 0.846. The zero-order chi connectivity index (χ0) is 13.8. The van der Waals surface area contributed by atoms with Crippen LogP contribution in [-0.2, 0) is 4.79 Å². The van der Waals surface area contributed by atoms with Gasteiger partial charge in [0.15, 0.2) is 0 Å². The summed E-state index contributed by atoms with van der Waals surface area (Å²) in [5, 5.41) is 0. The van der Waals surface area contributed by atoms with E-state index in [-0.39, 0.29) is 5.91 Å². The molecule has 0 saturated carbocycles. The lowest BCUT2D eigenvalue weighted by Crippen LogP contribution is -2.49. The van der Waals surface area contributed by atoms with Crippen LogP contribution in [0.1, 0.15) is 23.7 Å². The van der Waals surface area contributed by atoms with Crippen LogP contribution in [0, 0.1) is 0 Å². The van der Waals surface area contributed by atoms with Crippen LogP contribution in [0.15, 0.2) is 18.5 Å². The molecule has 0 spiro atoms. The normalized spacial score (nSPS) is 15.4. The van der Waals surface area contributed by atoms with Crippen LogP contribution in [-0.4, -0.2) is 47.9 Å². The number of nitrogens with zero attached hydrogens (tertiary/aromatic N) is 3. The monoisotopic (exact) mass is 262 g/mol. The Morgan fingerprint density at radius 3 is 2.58 bits per heavy atom. The SMILES string of the molecule is CCC(=O)N1CCN(c2ccncc2C(N)=O)CC1. The first-order valence-corrected chi connectivity index (χ1v) is 6.40. The molecule has 102 valence electrons. The Labute approximate surface area is 112 Å². The fraction of sp³-hybridized carbons (Fsp3) is 0.462. The van der Waals surface area contributed by atoms with Crippen molar-refractivity contribution in [3.8, 4) is 0 Å². The molecule has 2 amide bonds. The number of nitrogens with two attached hydrogens (primary N) is 1. The summed E-state index contributed by atoms with van der Waals surface area (Å²) in [6.45, 7) is 4.62. The number of primary amides is 1. The van der Waals surface area contributed by atoms with Crippen molar-refractivity contribution in [3.05, 3.63) is 24.0 Å². The summed E-state index contributed by atoms with van der Waals surface area (Å²) < 4.78 is 0. The van der Waals surface area contributed by atoms with E-state index in [2.05, 4.69) is 9.88 Å². The number of carbonyl (C=O) groups is 2. The molecular formula is C13H18N4O2. The maximum absolute atomic E-state index is 11.6. The maximum atomic E-state index is 11.6. The zero-order valence-corrected chi connectivity index (χ0v) is 11.0. The second-order valence-corrected chi connectivity index (χ2v) is 4.48. The molecule has 6 heteroatoms. The van der Waals surface area contributed by atoms with Gasteiger partial charge in [0.25, 0.3) is 5.91 Å². The summed E-state index contributed by atoms with van der Waals surface area (Å²) in [6, 6.07) is 1.79. The summed E-state index contributed by atoms with van der Waals surface area (Å²) in [5.41, 5.74) is 6.57. The molecular weight excluding hydrogens is 244 g/mol. The predicted octanol–water partition coefficient (Wildman–Crippen LogP) is 0.239. The second kappa shape index (κ2) is 5.69. The van der Waals surface area contributed by atoms with E-state index in [1.165, 1.54) is 6.20 Å². The standard InChI is InChI=1S/C13H18N4O2/c1-2-12(18)17-7-5-16(6-8-17)11-3-4-15-9-10(11)13(14)19/h3-4,9H,2,5-8H2,1H3,(H2,14,19). The van der Waals surface area contributed by atoms with Gasteiger partial charge in [0.05, 0.1) is 11.3 Å². The first-order chi connectivity index (χ1) is 9.13. The summed E-state index contributed by atoms with van der Waals surface area (Å²) >= 11 is 0. The number of rotatable bonds is 3. The Hall–Kier alpha value is -2.11. The zero-order valence-electron chi connectivity index (χ0n) is 11.0. The van der Waals surface area contributed by atoms with Crippen LogP contribution in [0.4, 0.5) is 5.69 Å². The Morgan fingerprint density at radius 2 is 2.00 bits per heavy atom. The van der Waals surface area contributed by atoms with Crippen molar-refractivity contribution in [2.45, 2.75) is 13.3 Å². The highest BCUT2D eigenvalue weighted by atomic mass is 16.2. The Balaban J connectivity index is 2.10. The second-order valence-electron chi connectivity index (χ2n) is 4.48. The summed E-state index contributed by atoms with van der Waals surface area (Å²) in [6.07, 6.45) is 3.66. The number of aromatic nitrogens is 1. The van der Waals surface area contributed by atoms with E-state index in [0.29, 0.717) is 38.2 Å². The lowest BCUT2D eigenvalue weighted by molar-refractivity contribution is -0.131. The summed E-state index contributed by atoms with van der Waals surface area (Å²) in [4.78, 5) is 30.8. The van der Waals surface area contributed by atoms with Crippen molar-refractivity contribution < 1.29 is 9.59 Å². The molecule has 0 atom stereocenters. The van der Waals surface area contributed by atoms with Gasteiger partial charge in [-0.3, -0.25) is 14.6 Å². The van der Waals surface area contributed by atoms with Crippen LogP contribution in [0.25, 0.3) is 0 Å². The molecule has 19 heavy (non-hydrogen) atoms. The number of piperazine rings is 1. The molecule has 1 aliphatic heterocycles. The fourth-order valence-electron chi connectivity index (χ4n) is 2.27. The molecule has 1 aliphatic rings. The first kappa shape index (κ1) is 13.3. The molecule has 0 bridgehead atoms. The Kier molecular flexibility index (Phi) is 3.99. The molecule has 1 saturated heterocycles. The number of hydrogen-bond donors (Lipinski definition) is 1. The fourth-order valence-corrected chi connectivity index (χ4v) is 2.27. The highest BCUT2D eigenvalue weighted by molar-refractivity contribution is 5.98. The van der Waals surface area contributed by atoms with Crippen LogP contribution >= 0.6 is 0 Å². The average Bonchev–Trinajstić information content (AvgIpc) is 2.46. The van der Waals surface area contributed by atoms with Crippen molar-refractivity contribution in [2.75, 3.05) is 31.1 Å². The Bertz CT molecular complexity index is 481. The molecule has 2 N–H and O–H groups in total. The lowest BCUT2D eigenvalue weighted by Gasteiger charge is -2.36. The van der Waals surface area contributed by atoms with Crippen LogP contribution < -0.4 is 10.6 Å². The molecule has 1 fully saturated rings. The minimum absolute atomic E-state index is 0.171. The molecule has 0 radical (unpaired) electrons. The molecule has 0 aliphatic carbocycles. The molecule has 1 aromatic heterocycles. The highest BCUT2D eigenvalue weighted by Crippen LogP contribution is 2.20. The maximum Gasteiger partial charge on any atom is 0.252 e. The predicted molar refractivity (Wildman–Crippen MR) is 71.8 cm³/mol. The Morgan fingerprint density at radius 1 is 1.32 bits per heavy atom. The minimum atomic E-state index is -0.477. The molecule has 0 unspecified atom stereocenters. The highest BCUT2D eigenvalue weighted by Gasteiger charge is 2.22. The van der Waals surface area contributed by atoms with E-state index in [1.807, 2.05) is 11.8 Å². The van der Waals surface area contributed by atoms with Gasteiger partial charge in [-0.05, 0) is 6.07 Å². The van der Waals surface area contributed by atoms with Gasteiger partial charge in [-0.2, -0.15) is 0 Å². The minimum Gasteiger partial charge on any atom is -0.367 e. The van der Waals surface area contributed by atoms with Gasteiger partial charge in [0, 0.05) is 45.0 Å². The number of amides is 2. The third-order valence-corrected chi connectivity index (χ3v) is 3.34. The third-order valence-electron chi connectivity index (χ3n) is 3.34. The van der Waals surface area contributed by atoms with E-state index >= 15 is 0 Å². The van der Waals surface area contributed by atoms with E-state index in [0.717, 1.165) is 5.69 Å². The first-order valence-electron chi connectivity index (χ1n) is 6.40. The molecule has 6 nitrogen and oxygen atoms in total.